The first kappa shape index (κ1) is 16.6. The number of H-pyrrole nitrogens is 1. The summed E-state index contributed by atoms with van der Waals surface area (Å²) in [6, 6.07) is 10.9. The van der Waals surface area contributed by atoms with Gasteiger partial charge in [0.2, 0.25) is 0 Å². The van der Waals surface area contributed by atoms with Crippen molar-refractivity contribution >= 4 is 27.5 Å². The van der Waals surface area contributed by atoms with Gasteiger partial charge in [0.1, 0.15) is 24.7 Å². The fourth-order valence-corrected chi connectivity index (χ4v) is 2.98. The topological polar surface area (TPSA) is 76.2 Å². The van der Waals surface area contributed by atoms with Crippen molar-refractivity contribution in [3.63, 3.8) is 0 Å². The van der Waals surface area contributed by atoms with Crippen LogP contribution >= 0.6 is 15.9 Å². The SMILES string of the molecule is O=C(Nc1cc2c(cc1Br)OCCO2)c1cc(-c2ccc(F)cc2)n[nH]1. The standard InChI is InChI=1S/C18H13BrFN3O3/c19-12-7-16-17(26-6-5-25-16)9-14(12)21-18(24)15-8-13(22-23-15)10-1-3-11(20)4-2-10/h1-4,7-9H,5-6H2,(H,21,24)(H,22,23). The van der Waals surface area contributed by atoms with Gasteiger partial charge in [0.25, 0.3) is 5.91 Å². The second-order valence-electron chi connectivity index (χ2n) is 5.60. The number of nitrogens with zero attached hydrogens (tertiary/aromatic N) is 1. The summed E-state index contributed by atoms with van der Waals surface area (Å²) >= 11 is 3.41. The van der Waals surface area contributed by atoms with Crippen LogP contribution in [0.4, 0.5) is 10.1 Å². The molecule has 0 atom stereocenters. The van der Waals surface area contributed by atoms with Crippen LogP contribution in [-0.4, -0.2) is 29.3 Å². The van der Waals surface area contributed by atoms with E-state index in [-0.39, 0.29) is 17.4 Å². The lowest BCUT2D eigenvalue weighted by Gasteiger charge is -2.20. The van der Waals surface area contributed by atoms with Crippen LogP contribution in [-0.2, 0) is 0 Å². The van der Waals surface area contributed by atoms with Gasteiger partial charge in [-0.05, 0) is 46.3 Å². The zero-order valence-corrected chi connectivity index (χ0v) is 15.0. The lowest BCUT2D eigenvalue weighted by molar-refractivity contribution is 0.102. The fourth-order valence-electron chi connectivity index (χ4n) is 2.56. The highest BCUT2D eigenvalue weighted by Gasteiger charge is 2.18. The average Bonchev–Trinajstić information content (AvgIpc) is 3.13. The molecule has 0 saturated heterocycles. The smallest absolute Gasteiger partial charge is 0.273 e. The number of carbonyl (C=O) groups is 1. The third-order valence-electron chi connectivity index (χ3n) is 3.84. The number of amides is 1. The van der Waals surface area contributed by atoms with Crippen molar-refractivity contribution in [2.24, 2.45) is 0 Å². The first-order valence-corrected chi connectivity index (χ1v) is 8.61. The van der Waals surface area contributed by atoms with Crippen molar-refractivity contribution in [1.29, 1.82) is 0 Å². The van der Waals surface area contributed by atoms with Gasteiger partial charge in [-0.3, -0.25) is 9.89 Å². The van der Waals surface area contributed by atoms with E-state index in [2.05, 4.69) is 31.4 Å². The van der Waals surface area contributed by atoms with Crippen LogP contribution in [0.2, 0.25) is 0 Å². The maximum absolute atomic E-state index is 13.0. The van der Waals surface area contributed by atoms with E-state index in [1.807, 2.05) is 0 Å². The van der Waals surface area contributed by atoms with Crippen LogP contribution in [0.5, 0.6) is 11.5 Å². The van der Waals surface area contributed by atoms with Gasteiger partial charge in [-0.15, -0.1) is 0 Å². The molecule has 2 heterocycles. The van der Waals surface area contributed by atoms with E-state index in [1.54, 1.807) is 30.3 Å². The highest BCUT2D eigenvalue weighted by atomic mass is 79.9. The minimum atomic E-state index is -0.358. The Kier molecular flexibility index (Phi) is 4.34. The van der Waals surface area contributed by atoms with Crippen LogP contribution in [0, 0.1) is 5.82 Å². The predicted molar refractivity (Wildman–Crippen MR) is 97.1 cm³/mol. The Bertz CT molecular complexity index is 972. The highest BCUT2D eigenvalue weighted by molar-refractivity contribution is 9.10. The van der Waals surface area contributed by atoms with Crippen molar-refractivity contribution in [3.05, 3.63) is 58.4 Å². The number of aromatic nitrogens is 2. The zero-order chi connectivity index (χ0) is 18.1. The fraction of sp³-hybridized carbons (Fsp3) is 0.111. The molecule has 4 rings (SSSR count). The van der Waals surface area contributed by atoms with E-state index in [1.165, 1.54) is 12.1 Å². The number of carbonyl (C=O) groups excluding carboxylic acids is 1. The molecule has 6 nitrogen and oxygen atoms in total. The number of hydrogen-bond acceptors (Lipinski definition) is 4. The summed E-state index contributed by atoms with van der Waals surface area (Å²) in [5.41, 5.74) is 2.10. The van der Waals surface area contributed by atoms with Gasteiger partial charge in [-0.2, -0.15) is 5.10 Å². The second-order valence-corrected chi connectivity index (χ2v) is 6.46. The lowest BCUT2D eigenvalue weighted by Crippen LogP contribution is -2.17. The van der Waals surface area contributed by atoms with Crippen molar-refractivity contribution in [3.8, 4) is 22.8 Å². The number of anilines is 1. The third-order valence-corrected chi connectivity index (χ3v) is 4.50. The van der Waals surface area contributed by atoms with Gasteiger partial charge < -0.3 is 14.8 Å². The van der Waals surface area contributed by atoms with Gasteiger partial charge >= 0.3 is 0 Å². The largest absolute Gasteiger partial charge is 0.486 e. The molecule has 1 aliphatic heterocycles. The van der Waals surface area contributed by atoms with Crippen molar-refractivity contribution in [2.45, 2.75) is 0 Å². The molecule has 0 spiro atoms. The molecule has 132 valence electrons. The lowest BCUT2D eigenvalue weighted by atomic mass is 10.1. The number of benzene rings is 2. The minimum absolute atomic E-state index is 0.283. The summed E-state index contributed by atoms with van der Waals surface area (Å²) in [5.74, 6) is 0.515. The normalized spacial score (nSPS) is 12.7. The van der Waals surface area contributed by atoms with Crippen LogP contribution < -0.4 is 14.8 Å². The van der Waals surface area contributed by atoms with E-state index in [4.69, 9.17) is 9.47 Å². The number of halogens is 2. The van der Waals surface area contributed by atoms with E-state index >= 15 is 0 Å². The Labute approximate surface area is 156 Å². The van der Waals surface area contributed by atoms with E-state index in [0.717, 1.165) is 0 Å². The van der Waals surface area contributed by atoms with Crippen LogP contribution in [0.25, 0.3) is 11.3 Å². The summed E-state index contributed by atoms with van der Waals surface area (Å²) < 4.78 is 24.7. The summed E-state index contributed by atoms with van der Waals surface area (Å²) in [6.07, 6.45) is 0. The maximum Gasteiger partial charge on any atom is 0.273 e. The number of aromatic amines is 1. The Morgan fingerprint density at radius 2 is 1.81 bits per heavy atom. The van der Waals surface area contributed by atoms with Crippen LogP contribution in [0.15, 0.2) is 46.9 Å². The second kappa shape index (κ2) is 6.80. The molecule has 0 bridgehead atoms. The number of rotatable bonds is 3. The zero-order valence-electron chi connectivity index (χ0n) is 13.4. The molecule has 3 aromatic rings. The number of hydrogen-bond donors (Lipinski definition) is 2. The Balaban J connectivity index is 1.55. The molecule has 2 aromatic carbocycles. The molecule has 8 heteroatoms. The van der Waals surface area contributed by atoms with E-state index < -0.39 is 0 Å². The van der Waals surface area contributed by atoms with Crippen molar-refractivity contribution in [1.82, 2.24) is 10.2 Å². The molecule has 0 fully saturated rings. The van der Waals surface area contributed by atoms with Gasteiger partial charge in [0, 0.05) is 22.2 Å². The Hall–Kier alpha value is -2.87. The van der Waals surface area contributed by atoms with Crippen LogP contribution in [0.3, 0.4) is 0 Å². The Morgan fingerprint density at radius 1 is 1.12 bits per heavy atom. The van der Waals surface area contributed by atoms with Gasteiger partial charge in [0.15, 0.2) is 11.5 Å². The molecule has 1 amide bonds. The predicted octanol–water partition coefficient (Wildman–Crippen LogP) is 4.00. The molecule has 1 aromatic heterocycles. The average molecular weight is 418 g/mol. The molecular formula is C18H13BrFN3O3. The van der Waals surface area contributed by atoms with Gasteiger partial charge in [0.05, 0.1) is 11.4 Å². The number of fused-ring (bicyclic) bond motifs is 1. The summed E-state index contributed by atoms with van der Waals surface area (Å²) in [4.78, 5) is 12.5. The monoisotopic (exact) mass is 417 g/mol. The highest BCUT2D eigenvalue weighted by Crippen LogP contribution is 2.38. The molecule has 1 aliphatic rings. The molecule has 0 radical (unpaired) electrons. The third kappa shape index (κ3) is 3.28. The molecule has 2 N–H and O–H groups in total. The van der Waals surface area contributed by atoms with Crippen molar-refractivity contribution in [2.75, 3.05) is 18.5 Å². The van der Waals surface area contributed by atoms with Crippen molar-refractivity contribution < 1.29 is 18.7 Å². The first-order chi connectivity index (χ1) is 12.6. The molecule has 26 heavy (non-hydrogen) atoms. The quantitative estimate of drug-likeness (QED) is 0.674. The summed E-state index contributed by atoms with van der Waals surface area (Å²) in [7, 11) is 0. The molecular weight excluding hydrogens is 405 g/mol. The van der Waals surface area contributed by atoms with Crippen LogP contribution in [0.1, 0.15) is 10.5 Å². The minimum Gasteiger partial charge on any atom is -0.486 e. The maximum atomic E-state index is 13.0. The van der Waals surface area contributed by atoms with Gasteiger partial charge in [-0.1, -0.05) is 0 Å². The number of nitrogens with one attached hydrogen (secondary N) is 2. The Morgan fingerprint density at radius 3 is 2.54 bits per heavy atom. The molecule has 0 saturated carbocycles. The van der Waals surface area contributed by atoms with Gasteiger partial charge in [-0.25, -0.2) is 4.39 Å². The van der Waals surface area contributed by atoms with E-state index in [9.17, 15) is 9.18 Å². The number of ether oxygens (including phenoxy) is 2. The molecule has 0 unspecified atom stereocenters. The summed E-state index contributed by atoms with van der Waals surface area (Å²) in [6.45, 7) is 0.953. The first-order valence-electron chi connectivity index (χ1n) is 7.82. The summed E-state index contributed by atoms with van der Waals surface area (Å²) in [5, 5.41) is 9.60. The van der Waals surface area contributed by atoms with E-state index in [0.29, 0.717) is 46.1 Å². The molecule has 0 aliphatic carbocycles.